The van der Waals surface area contributed by atoms with Crippen LogP contribution in [-0.2, 0) is 29.8 Å². The van der Waals surface area contributed by atoms with E-state index in [4.69, 9.17) is 4.74 Å². The summed E-state index contributed by atoms with van der Waals surface area (Å²) in [5.74, 6) is -0.371. The first-order valence-corrected chi connectivity index (χ1v) is 11.3. The molecule has 0 N–H and O–H groups in total. The molecule has 6 nitrogen and oxygen atoms in total. The zero-order chi connectivity index (χ0) is 23.0. The number of carbonyl (C=O) groups excluding carboxylic acids is 1. The molecule has 1 atom stereocenters. The molecule has 0 saturated heterocycles. The number of fused-ring (bicyclic) bond motifs is 3. The summed E-state index contributed by atoms with van der Waals surface area (Å²) in [7, 11) is 2.16. The molecule has 33 heavy (non-hydrogen) atoms. The third-order valence-corrected chi connectivity index (χ3v) is 6.57. The maximum absolute atomic E-state index is 13.1. The van der Waals surface area contributed by atoms with E-state index >= 15 is 0 Å². The van der Waals surface area contributed by atoms with Crippen molar-refractivity contribution < 1.29 is 9.53 Å². The lowest BCUT2D eigenvalue weighted by molar-refractivity contribution is -0.0207. The highest BCUT2D eigenvalue weighted by molar-refractivity contribution is 5.89. The van der Waals surface area contributed by atoms with E-state index in [0.717, 1.165) is 25.1 Å². The van der Waals surface area contributed by atoms with Crippen molar-refractivity contribution in [1.29, 1.82) is 0 Å². The Kier molecular flexibility index (Phi) is 5.46. The van der Waals surface area contributed by atoms with E-state index in [0.29, 0.717) is 12.1 Å². The van der Waals surface area contributed by atoms with Gasteiger partial charge in [0, 0.05) is 66.5 Å². The van der Waals surface area contributed by atoms with Gasteiger partial charge in [-0.3, -0.25) is 9.97 Å². The van der Waals surface area contributed by atoms with Crippen molar-refractivity contribution in [2.45, 2.75) is 39.0 Å². The van der Waals surface area contributed by atoms with Crippen LogP contribution in [0.3, 0.4) is 0 Å². The normalized spacial score (nSPS) is 15.7. The number of rotatable bonds is 5. The minimum absolute atomic E-state index is 0.371. The number of ether oxygens (including phenoxy) is 1. The number of hydrogen-bond donors (Lipinski definition) is 0. The van der Waals surface area contributed by atoms with E-state index in [9.17, 15) is 4.79 Å². The first-order valence-electron chi connectivity index (χ1n) is 11.3. The first kappa shape index (κ1) is 21.3. The van der Waals surface area contributed by atoms with E-state index in [1.54, 1.807) is 36.9 Å². The van der Waals surface area contributed by atoms with Crippen molar-refractivity contribution in [2.24, 2.45) is 0 Å². The monoisotopic (exact) mass is 440 g/mol. The second-order valence-electron chi connectivity index (χ2n) is 9.12. The summed E-state index contributed by atoms with van der Waals surface area (Å²) in [5, 5.41) is 1.28. The lowest BCUT2D eigenvalue weighted by Gasteiger charge is -2.32. The molecule has 4 heterocycles. The molecule has 0 spiro atoms. The summed E-state index contributed by atoms with van der Waals surface area (Å²) < 4.78 is 8.58. The average Bonchev–Trinajstić information content (AvgIpc) is 3.11. The Morgan fingerprint density at radius 3 is 2.70 bits per heavy atom. The lowest BCUT2D eigenvalue weighted by atomic mass is 9.96. The summed E-state index contributed by atoms with van der Waals surface area (Å²) in [6, 6.07) is 13.8. The maximum atomic E-state index is 13.1. The smallest absolute Gasteiger partial charge is 0.339 e. The summed E-state index contributed by atoms with van der Waals surface area (Å²) >= 11 is 0. The number of aromatic nitrogens is 3. The molecule has 1 unspecified atom stereocenters. The lowest BCUT2D eigenvalue weighted by Crippen LogP contribution is -2.36. The number of esters is 1. The first-order chi connectivity index (χ1) is 15.9. The Balaban J connectivity index is 1.61. The van der Waals surface area contributed by atoms with Crippen LogP contribution in [0.25, 0.3) is 10.9 Å². The highest BCUT2D eigenvalue weighted by Gasteiger charge is 2.35. The van der Waals surface area contributed by atoms with E-state index in [-0.39, 0.29) is 5.97 Å². The Morgan fingerprint density at radius 2 is 1.94 bits per heavy atom. The molecule has 6 heteroatoms. The number of benzene rings is 1. The van der Waals surface area contributed by atoms with Crippen molar-refractivity contribution in [3.8, 4) is 0 Å². The fourth-order valence-electron chi connectivity index (χ4n) is 4.79. The van der Waals surface area contributed by atoms with Crippen molar-refractivity contribution in [1.82, 2.24) is 19.4 Å². The highest BCUT2D eigenvalue weighted by Crippen LogP contribution is 2.36. The van der Waals surface area contributed by atoms with Crippen LogP contribution in [0.4, 0.5) is 0 Å². The van der Waals surface area contributed by atoms with Crippen LogP contribution >= 0.6 is 0 Å². The van der Waals surface area contributed by atoms with Crippen molar-refractivity contribution in [2.75, 3.05) is 13.6 Å². The van der Waals surface area contributed by atoms with Gasteiger partial charge in [0.1, 0.15) is 0 Å². The number of pyridine rings is 2. The summed E-state index contributed by atoms with van der Waals surface area (Å²) in [5.41, 5.74) is 5.56. The molecule has 0 aliphatic carbocycles. The fourth-order valence-corrected chi connectivity index (χ4v) is 4.79. The molecule has 0 bridgehead atoms. The molecule has 0 saturated carbocycles. The van der Waals surface area contributed by atoms with Crippen LogP contribution in [-0.4, -0.2) is 39.0 Å². The summed E-state index contributed by atoms with van der Waals surface area (Å²) in [4.78, 5) is 23.8. The van der Waals surface area contributed by atoms with E-state index in [2.05, 4.69) is 51.6 Å². The Labute approximate surface area is 193 Å². The summed E-state index contributed by atoms with van der Waals surface area (Å²) in [6.45, 7) is 6.54. The molecule has 1 aliphatic heterocycles. The van der Waals surface area contributed by atoms with Crippen molar-refractivity contribution in [3.05, 3.63) is 95.2 Å². The van der Waals surface area contributed by atoms with Crippen LogP contribution in [0.1, 0.15) is 39.7 Å². The molecule has 168 valence electrons. The van der Waals surface area contributed by atoms with Crippen molar-refractivity contribution in [3.63, 3.8) is 0 Å². The molecular weight excluding hydrogens is 412 g/mol. The van der Waals surface area contributed by atoms with Crippen LogP contribution in [0.2, 0.25) is 0 Å². The topological polar surface area (TPSA) is 60.3 Å². The van der Waals surface area contributed by atoms with Gasteiger partial charge < -0.3 is 14.2 Å². The van der Waals surface area contributed by atoms with Gasteiger partial charge in [-0.2, -0.15) is 0 Å². The SMILES string of the molecule is Cc1ccc2c(c1)c1c(n2CC(C)(OC(=O)c2ccncc2)c2cccnc2)CCN(C)C1. The number of hydrogen-bond acceptors (Lipinski definition) is 5. The standard InChI is InChI=1S/C27H28N4O2/c1-19-6-7-24-22(15-19)23-17-30(3)14-10-25(23)31(24)18-27(2,21-5-4-11-29-16-21)33-26(32)20-8-12-28-13-9-20/h4-9,11-13,15-16H,10,14,17-18H2,1-3H3. The predicted octanol–water partition coefficient (Wildman–Crippen LogP) is 4.50. The number of likely N-dealkylation sites (N-methyl/N-ethyl adjacent to an activating group) is 1. The Hall–Kier alpha value is -3.51. The van der Waals surface area contributed by atoms with Crippen LogP contribution in [0, 0.1) is 6.92 Å². The van der Waals surface area contributed by atoms with Gasteiger partial charge in [0.25, 0.3) is 0 Å². The Morgan fingerprint density at radius 1 is 1.12 bits per heavy atom. The molecule has 0 fully saturated rings. The third kappa shape index (κ3) is 4.02. The van der Waals surface area contributed by atoms with Crippen LogP contribution in [0.15, 0.2) is 67.3 Å². The molecule has 5 rings (SSSR count). The van der Waals surface area contributed by atoms with Gasteiger partial charge in [-0.1, -0.05) is 17.7 Å². The van der Waals surface area contributed by atoms with Gasteiger partial charge in [-0.25, -0.2) is 4.79 Å². The van der Waals surface area contributed by atoms with E-state index in [1.165, 1.54) is 27.7 Å². The Bertz CT molecular complexity index is 1300. The number of carbonyl (C=O) groups is 1. The highest BCUT2D eigenvalue weighted by atomic mass is 16.6. The average molecular weight is 441 g/mol. The molecule has 0 radical (unpaired) electrons. The van der Waals surface area contributed by atoms with Crippen molar-refractivity contribution >= 4 is 16.9 Å². The molecule has 0 amide bonds. The minimum atomic E-state index is -0.900. The molecule has 1 aliphatic rings. The van der Waals surface area contributed by atoms with E-state index in [1.807, 2.05) is 19.1 Å². The molecular formula is C27H28N4O2. The largest absolute Gasteiger partial charge is 0.449 e. The number of aryl methyl sites for hydroxylation is 1. The fraction of sp³-hybridized carbons (Fsp3) is 0.296. The molecule has 3 aromatic heterocycles. The van der Waals surface area contributed by atoms with Gasteiger partial charge in [0.05, 0.1) is 12.1 Å². The summed E-state index contributed by atoms with van der Waals surface area (Å²) in [6.07, 6.45) is 7.69. The van der Waals surface area contributed by atoms with Gasteiger partial charge in [-0.05, 0) is 56.8 Å². The second kappa shape index (κ2) is 8.45. The number of nitrogens with zero attached hydrogens (tertiary/aromatic N) is 4. The zero-order valence-corrected chi connectivity index (χ0v) is 19.3. The maximum Gasteiger partial charge on any atom is 0.339 e. The van der Waals surface area contributed by atoms with Gasteiger partial charge in [0.2, 0.25) is 0 Å². The third-order valence-electron chi connectivity index (χ3n) is 6.57. The molecule has 1 aromatic carbocycles. The second-order valence-corrected chi connectivity index (χ2v) is 9.12. The van der Waals surface area contributed by atoms with Gasteiger partial charge >= 0.3 is 5.97 Å². The predicted molar refractivity (Wildman–Crippen MR) is 128 cm³/mol. The zero-order valence-electron chi connectivity index (χ0n) is 19.3. The van der Waals surface area contributed by atoms with E-state index < -0.39 is 5.60 Å². The van der Waals surface area contributed by atoms with Crippen LogP contribution in [0.5, 0.6) is 0 Å². The van der Waals surface area contributed by atoms with Crippen LogP contribution < -0.4 is 0 Å². The van der Waals surface area contributed by atoms with Gasteiger partial charge in [0.15, 0.2) is 5.60 Å². The molecule has 4 aromatic rings. The minimum Gasteiger partial charge on any atom is -0.449 e. The van der Waals surface area contributed by atoms with Gasteiger partial charge in [-0.15, -0.1) is 0 Å². The quantitative estimate of drug-likeness (QED) is 0.428.